The van der Waals surface area contributed by atoms with Crippen molar-refractivity contribution in [3.8, 4) is 0 Å². The molecule has 184 valence electrons. The van der Waals surface area contributed by atoms with Crippen molar-refractivity contribution in [3.63, 3.8) is 0 Å². The second-order valence-electron chi connectivity index (χ2n) is 8.53. The van der Waals surface area contributed by atoms with E-state index in [0.717, 1.165) is 28.2 Å². The molecule has 34 heavy (non-hydrogen) atoms. The molecule has 0 spiro atoms. The van der Waals surface area contributed by atoms with Gasteiger partial charge < -0.3 is 9.84 Å². The Kier molecular flexibility index (Phi) is 9.38. The second kappa shape index (κ2) is 11.6. The molecule has 2 aromatic carbocycles. The van der Waals surface area contributed by atoms with Crippen LogP contribution in [0.25, 0.3) is 0 Å². The van der Waals surface area contributed by atoms with E-state index in [-0.39, 0.29) is 12.3 Å². The molecule has 0 bridgehead atoms. The standard InChI is InChI=1S/C26H30F3NO3S/c1-6-33-24(20-7-11-21(12-8-20)26(27,28)29)30-18(3)25(4,5)16-34-22-13-9-19(17(2)15-22)10-14-23(31)32/h7-9,11-13,15H,3,6,10,14,16H2,1-2,4-5H3,(H,31,32). The van der Waals surface area contributed by atoms with Gasteiger partial charge in [-0.3, -0.25) is 4.79 Å². The van der Waals surface area contributed by atoms with Crippen LogP contribution in [0.5, 0.6) is 0 Å². The average Bonchev–Trinajstić information content (AvgIpc) is 2.76. The Morgan fingerprint density at radius 2 is 1.79 bits per heavy atom. The van der Waals surface area contributed by atoms with Crippen molar-refractivity contribution >= 4 is 23.6 Å². The minimum Gasteiger partial charge on any atom is -0.481 e. The number of benzene rings is 2. The summed E-state index contributed by atoms with van der Waals surface area (Å²) in [5.74, 6) is 0.0784. The van der Waals surface area contributed by atoms with Gasteiger partial charge in [0.05, 0.1) is 12.2 Å². The lowest BCUT2D eigenvalue weighted by atomic mass is 9.93. The predicted molar refractivity (Wildman–Crippen MR) is 130 cm³/mol. The molecule has 0 unspecified atom stereocenters. The van der Waals surface area contributed by atoms with Crippen LogP contribution < -0.4 is 0 Å². The van der Waals surface area contributed by atoms with E-state index in [1.165, 1.54) is 12.1 Å². The van der Waals surface area contributed by atoms with Crippen molar-refractivity contribution in [2.75, 3.05) is 12.4 Å². The fourth-order valence-corrected chi connectivity index (χ4v) is 4.14. The fraction of sp³-hybridized carbons (Fsp3) is 0.385. The molecule has 0 fully saturated rings. The minimum atomic E-state index is -4.41. The van der Waals surface area contributed by atoms with Crippen LogP contribution in [0.4, 0.5) is 13.2 Å². The van der Waals surface area contributed by atoms with E-state index >= 15 is 0 Å². The number of ether oxygens (including phenoxy) is 1. The molecule has 0 aromatic heterocycles. The van der Waals surface area contributed by atoms with Gasteiger partial charge in [0.25, 0.3) is 0 Å². The van der Waals surface area contributed by atoms with Crippen LogP contribution in [0.1, 0.15) is 49.4 Å². The highest BCUT2D eigenvalue weighted by Gasteiger charge is 2.30. The van der Waals surface area contributed by atoms with Gasteiger partial charge in [-0.05, 0) is 67.8 Å². The number of aryl methyl sites for hydroxylation is 2. The molecule has 0 aliphatic carbocycles. The molecule has 2 rings (SSSR count). The largest absolute Gasteiger partial charge is 0.481 e. The molecule has 4 nitrogen and oxygen atoms in total. The number of hydrogen-bond donors (Lipinski definition) is 1. The smallest absolute Gasteiger partial charge is 0.416 e. The molecule has 0 radical (unpaired) electrons. The highest BCUT2D eigenvalue weighted by molar-refractivity contribution is 7.99. The zero-order chi connectivity index (χ0) is 25.5. The molecular weight excluding hydrogens is 463 g/mol. The summed E-state index contributed by atoms with van der Waals surface area (Å²) in [5, 5.41) is 8.88. The average molecular weight is 494 g/mol. The third kappa shape index (κ3) is 7.94. The van der Waals surface area contributed by atoms with E-state index in [9.17, 15) is 18.0 Å². The lowest BCUT2D eigenvalue weighted by molar-refractivity contribution is -0.138. The van der Waals surface area contributed by atoms with Crippen molar-refractivity contribution in [2.45, 2.75) is 51.6 Å². The second-order valence-corrected chi connectivity index (χ2v) is 9.58. The van der Waals surface area contributed by atoms with Crippen molar-refractivity contribution in [1.82, 2.24) is 0 Å². The Balaban J connectivity index is 2.12. The van der Waals surface area contributed by atoms with E-state index in [1.54, 1.807) is 18.7 Å². The van der Waals surface area contributed by atoms with E-state index < -0.39 is 23.1 Å². The van der Waals surface area contributed by atoms with Crippen molar-refractivity contribution < 1.29 is 27.8 Å². The van der Waals surface area contributed by atoms with Crippen molar-refractivity contribution in [2.24, 2.45) is 10.4 Å². The number of hydrogen-bond acceptors (Lipinski definition) is 4. The van der Waals surface area contributed by atoms with Crippen LogP contribution in [0.3, 0.4) is 0 Å². The monoisotopic (exact) mass is 493 g/mol. The summed E-state index contributed by atoms with van der Waals surface area (Å²) in [4.78, 5) is 16.4. The molecule has 8 heteroatoms. The topological polar surface area (TPSA) is 58.9 Å². The molecule has 1 N–H and O–H groups in total. The van der Waals surface area contributed by atoms with Crippen LogP contribution in [0, 0.1) is 12.3 Å². The molecule has 0 amide bonds. The molecule has 2 aromatic rings. The normalized spacial score (nSPS) is 12.5. The zero-order valence-corrected chi connectivity index (χ0v) is 20.6. The van der Waals surface area contributed by atoms with Crippen molar-refractivity contribution in [3.05, 3.63) is 77.0 Å². The van der Waals surface area contributed by atoms with Crippen molar-refractivity contribution in [1.29, 1.82) is 0 Å². The Labute approximate surface area is 202 Å². The minimum absolute atomic E-state index is 0.0965. The maximum atomic E-state index is 12.9. The maximum absolute atomic E-state index is 12.9. The Hall–Kier alpha value is -2.74. The molecular formula is C26H30F3NO3S. The first-order valence-electron chi connectivity index (χ1n) is 10.9. The van der Waals surface area contributed by atoms with Gasteiger partial charge in [0.15, 0.2) is 0 Å². The number of allylic oxidation sites excluding steroid dienone is 1. The van der Waals surface area contributed by atoms with Gasteiger partial charge in [-0.2, -0.15) is 13.2 Å². The summed E-state index contributed by atoms with van der Waals surface area (Å²) in [5.41, 5.74) is 1.91. The van der Waals surface area contributed by atoms with Crippen LogP contribution in [0.2, 0.25) is 0 Å². The highest BCUT2D eigenvalue weighted by atomic mass is 32.2. The van der Waals surface area contributed by atoms with E-state index in [4.69, 9.17) is 9.84 Å². The Morgan fingerprint density at radius 3 is 2.32 bits per heavy atom. The van der Waals surface area contributed by atoms with Crippen LogP contribution in [-0.2, 0) is 22.1 Å². The lowest BCUT2D eigenvalue weighted by Gasteiger charge is -2.25. The van der Waals surface area contributed by atoms with Gasteiger partial charge in [-0.25, -0.2) is 4.99 Å². The van der Waals surface area contributed by atoms with Gasteiger partial charge in [0, 0.05) is 33.7 Å². The number of carbonyl (C=O) groups is 1. The van der Waals surface area contributed by atoms with E-state index in [0.29, 0.717) is 30.0 Å². The number of carboxylic acids is 1. The van der Waals surface area contributed by atoms with Gasteiger partial charge in [0.2, 0.25) is 5.90 Å². The number of nitrogens with zero attached hydrogens (tertiary/aromatic N) is 1. The van der Waals surface area contributed by atoms with Crippen LogP contribution in [-0.4, -0.2) is 29.3 Å². The van der Waals surface area contributed by atoms with Crippen LogP contribution in [0.15, 0.2) is 64.6 Å². The van der Waals surface area contributed by atoms with Gasteiger partial charge in [-0.15, -0.1) is 11.8 Å². The molecule has 0 aliphatic heterocycles. The van der Waals surface area contributed by atoms with Crippen LogP contribution >= 0.6 is 11.8 Å². The van der Waals surface area contributed by atoms with E-state index in [1.807, 2.05) is 39.0 Å². The Morgan fingerprint density at radius 1 is 1.15 bits per heavy atom. The summed E-state index contributed by atoms with van der Waals surface area (Å²) < 4.78 is 44.2. The first-order valence-corrected chi connectivity index (χ1v) is 11.8. The van der Waals surface area contributed by atoms with Gasteiger partial charge >= 0.3 is 12.1 Å². The quantitative estimate of drug-likeness (QED) is 0.217. The summed E-state index contributed by atoms with van der Waals surface area (Å²) >= 11 is 1.63. The number of halogens is 3. The van der Waals surface area contributed by atoms with E-state index in [2.05, 4.69) is 11.6 Å². The molecule has 0 aliphatic rings. The van der Waals surface area contributed by atoms with Gasteiger partial charge in [0.1, 0.15) is 0 Å². The predicted octanol–water partition coefficient (Wildman–Crippen LogP) is 7.15. The molecule has 0 saturated carbocycles. The molecule has 0 saturated heterocycles. The maximum Gasteiger partial charge on any atom is 0.416 e. The SMILES string of the molecule is C=C(N=C(OCC)c1ccc(C(F)(F)F)cc1)C(C)(C)CSc1ccc(CCC(=O)O)c(C)c1. The number of aliphatic carboxylic acids is 1. The number of alkyl halides is 3. The third-order valence-corrected chi connectivity index (χ3v) is 6.73. The Bertz CT molecular complexity index is 1040. The summed E-state index contributed by atoms with van der Waals surface area (Å²) in [6.07, 6.45) is -3.82. The van der Waals surface area contributed by atoms with Gasteiger partial charge in [-0.1, -0.05) is 26.5 Å². The summed E-state index contributed by atoms with van der Waals surface area (Å²) in [6.45, 7) is 12.2. The first-order chi connectivity index (χ1) is 15.8. The number of aliphatic imine (C=N–C) groups is 1. The molecule has 0 atom stereocenters. The zero-order valence-electron chi connectivity index (χ0n) is 19.8. The molecule has 0 heterocycles. The number of rotatable bonds is 10. The fourth-order valence-electron chi connectivity index (χ4n) is 3.02. The summed E-state index contributed by atoms with van der Waals surface area (Å²) in [7, 11) is 0. The third-order valence-electron chi connectivity index (χ3n) is 5.28. The number of thioether (sulfide) groups is 1. The lowest BCUT2D eigenvalue weighted by Crippen LogP contribution is -2.19. The summed E-state index contributed by atoms with van der Waals surface area (Å²) in [6, 6.07) is 10.7. The first kappa shape index (κ1) is 27.5. The highest BCUT2D eigenvalue weighted by Crippen LogP contribution is 2.35. The number of carboxylic acid groups (broad SMARTS) is 1.